The number of nitrogens with zero attached hydrogens (tertiary/aromatic N) is 2. The molecule has 0 fully saturated rings. The summed E-state index contributed by atoms with van der Waals surface area (Å²) in [5.74, 6) is -0.673. The van der Waals surface area contributed by atoms with Gasteiger partial charge in [0, 0.05) is 55.4 Å². The van der Waals surface area contributed by atoms with Crippen LogP contribution in [0.15, 0.2) is 41.4 Å². The second kappa shape index (κ2) is 13.1. The molecule has 1 atom stereocenters. The van der Waals surface area contributed by atoms with Gasteiger partial charge >= 0.3 is 0 Å². The molecule has 0 saturated carbocycles. The smallest absolute Gasteiger partial charge is 0.255 e. The Kier molecular flexibility index (Phi) is 9.69. The molecule has 2 aromatic rings. The Balaban J connectivity index is 1.53. The van der Waals surface area contributed by atoms with Crippen molar-refractivity contribution in [1.82, 2.24) is 15.5 Å². The summed E-state index contributed by atoms with van der Waals surface area (Å²) in [7, 11) is 2.99. The van der Waals surface area contributed by atoms with Crippen LogP contribution in [0.2, 0.25) is 0 Å². The Hall–Kier alpha value is -4.54. The lowest BCUT2D eigenvalue weighted by Crippen LogP contribution is -2.37. The minimum absolute atomic E-state index is 0.116. The highest BCUT2D eigenvalue weighted by Gasteiger charge is 2.34. The average Bonchev–Trinajstić information content (AvgIpc) is 3.27. The van der Waals surface area contributed by atoms with Gasteiger partial charge in [0.2, 0.25) is 11.8 Å². The molecular formula is C27H31N5O6. The van der Waals surface area contributed by atoms with Crippen molar-refractivity contribution in [1.29, 1.82) is 0 Å². The van der Waals surface area contributed by atoms with Crippen molar-refractivity contribution >= 4 is 48.0 Å². The van der Waals surface area contributed by atoms with Gasteiger partial charge in [0.15, 0.2) is 0 Å². The number of carbonyl (C=O) groups excluding carboxylic acids is 5. The van der Waals surface area contributed by atoms with E-state index in [9.17, 15) is 24.0 Å². The molecule has 38 heavy (non-hydrogen) atoms. The van der Waals surface area contributed by atoms with Gasteiger partial charge in [-0.3, -0.25) is 24.2 Å². The number of fused-ring (bicyclic) bond motifs is 1. The quantitative estimate of drug-likeness (QED) is 0.209. The third kappa shape index (κ3) is 6.61. The highest BCUT2D eigenvalue weighted by atomic mass is 16.5. The molecule has 0 radical (unpaired) electrons. The van der Waals surface area contributed by atoms with Crippen molar-refractivity contribution in [3.05, 3.63) is 53.1 Å². The van der Waals surface area contributed by atoms with Crippen LogP contribution in [-0.2, 0) is 20.9 Å². The molecule has 1 aliphatic heterocycles. The van der Waals surface area contributed by atoms with Crippen LogP contribution in [0.3, 0.4) is 0 Å². The Morgan fingerprint density at radius 2 is 1.97 bits per heavy atom. The number of methoxy groups -OCH3 is 1. The third-order valence-electron chi connectivity index (χ3n) is 6.25. The second-order valence-corrected chi connectivity index (χ2v) is 8.63. The zero-order valence-electron chi connectivity index (χ0n) is 21.4. The van der Waals surface area contributed by atoms with Gasteiger partial charge in [-0.15, -0.1) is 0 Å². The van der Waals surface area contributed by atoms with Crippen LogP contribution in [0.25, 0.3) is 0 Å². The summed E-state index contributed by atoms with van der Waals surface area (Å²) in [6.45, 7) is 3.89. The molecule has 1 heterocycles. The normalized spacial score (nSPS) is 12.8. The number of rotatable bonds is 13. The molecule has 3 N–H and O–H groups in total. The molecule has 0 saturated heterocycles. The lowest BCUT2D eigenvalue weighted by atomic mass is 10.1. The highest BCUT2D eigenvalue weighted by molar-refractivity contribution is 6.03. The predicted molar refractivity (Wildman–Crippen MR) is 142 cm³/mol. The van der Waals surface area contributed by atoms with Crippen molar-refractivity contribution in [2.75, 3.05) is 26.0 Å². The SMILES string of the molecule is C=Nc1ccc(C(=O)NCCCC(=O)Nc2cccc3c2CN(C(C=O)CCC(=O)NC)C3=O)cc1OC. The molecule has 2 aromatic carbocycles. The van der Waals surface area contributed by atoms with Crippen LogP contribution in [0.5, 0.6) is 5.75 Å². The van der Waals surface area contributed by atoms with Crippen molar-refractivity contribution in [2.45, 2.75) is 38.3 Å². The fourth-order valence-corrected chi connectivity index (χ4v) is 4.16. The first-order valence-electron chi connectivity index (χ1n) is 12.1. The standard InChI is InChI=1S/C27H31N5O6/c1-28-22-11-9-17(14-23(22)38-3)26(36)30-13-5-8-25(35)31-21-7-4-6-19-20(21)15-32(27(19)37)18(16-33)10-12-24(34)29-2/h4,6-7,9,11,14,16,18H,1,5,8,10,12-13,15H2,2-3H3,(H,29,34)(H,30,36)(H,31,35). The number of carbonyl (C=O) groups is 5. The number of ether oxygens (including phenoxy) is 1. The molecular weight excluding hydrogens is 490 g/mol. The Labute approximate surface area is 220 Å². The lowest BCUT2D eigenvalue weighted by molar-refractivity contribution is -0.121. The summed E-state index contributed by atoms with van der Waals surface area (Å²) in [6, 6.07) is 9.09. The van der Waals surface area contributed by atoms with Gasteiger partial charge in [-0.1, -0.05) is 6.07 Å². The first kappa shape index (κ1) is 28.0. The molecule has 0 bridgehead atoms. The van der Waals surface area contributed by atoms with Crippen LogP contribution < -0.4 is 20.7 Å². The molecule has 0 aliphatic carbocycles. The molecule has 1 unspecified atom stereocenters. The van der Waals surface area contributed by atoms with E-state index in [4.69, 9.17) is 4.74 Å². The number of nitrogens with one attached hydrogen (secondary N) is 3. The molecule has 200 valence electrons. The largest absolute Gasteiger partial charge is 0.494 e. The molecule has 4 amide bonds. The fourth-order valence-electron chi connectivity index (χ4n) is 4.16. The summed E-state index contributed by atoms with van der Waals surface area (Å²) in [4.78, 5) is 66.4. The number of aliphatic imine (C=N–C) groups is 1. The summed E-state index contributed by atoms with van der Waals surface area (Å²) in [5.41, 5.74) is 2.46. The van der Waals surface area contributed by atoms with E-state index in [2.05, 4.69) is 27.7 Å². The van der Waals surface area contributed by atoms with E-state index in [0.717, 1.165) is 0 Å². The molecule has 11 heteroatoms. The first-order chi connectivity index (χ1) is 18.3. The van der Waals surface area contributed by atoms with Gasteiger partial charge in [-0.25, -0.2) is 0 Å². The summed E-state index contributed by atoms with van der Waals surface area (Å²) < 4.78 is 5.21. The van der Waals surface area contributed by atoms with Crippen molar-refractivity contribution in [3.8, 4) is 5.75 Å². The van der Waals surface area contributed by atoms with E-state index in [1.807, 2.05) is 0 Å². The zero-order chi connectivity index (χ0) is 27.7. The van der Waals surface area contributed by atoms with E-state index in [1.54, 1.807) is 36.4 Å². The van der Waals surface area contributed by atoms with Crippen LogP contribution in [0.4, 0.5) is 11.4 Å². The zero-order valence-corrected chi connectivity index (χ0v) is 21.4. The fraction of sp³-hybridized carbons (Fsp3) is 0.333. The van der Waals surface area contributed by atoms with Gasteiger partial charge < -0.3 is 30.4 Å². The van der Waals surface area contributed by atoms with Crippen LogP contribution in [0.1, 0.15) is 52.0 Å². The van der Waals surface area contributed by atoms with E-state index in [-0.39, 0.29) is 56.0 Å². The Morgan fingerprint density at radius 3 is 2.66 bits per heavy atom. The summed E-state index contributed by atoms with van der Waals surface area (Å²) in [6.07, 6.45) is 1.53. The Morgan fingerprint density at radius 1 is 1.18 bits per heavy atom. The van der Waals surface area contributed by atoms with Gasteiger partial charge in [0.1, 0.15) is 17.7 Å². The number of aldehydes is 1. The van der Waals surface area contributed by atoms with Gasteiger partial charge in [-0.2, -0.15) is 0 Å². The van der Waals surface area contributed by atoms with Crippen molar-refractivity contribution in [3.63, 3.8) is 0 Å². The van der Waals surface area contributed by atoms with Gasteiger partial charge in [-0.05, 0) is 49.9 Å². The number of anilines is 1. The van der Waals surface area contributed by atoms with Crippen LogP contribution in [-0.4, -0.2) is 68.3 Å². The lowest BCUT2D eigenvalue weighted by Gasteiger charge is -2.22. The number of benzene rings is 2. The van der Waals surface area contributed by atoms with Crippen LogP contribution >= 0.6 is 0 Å². The van der Waals surface area contributed by atoms with E-state index >= 15 is 0 Å². The van der Waals surface area contributed by atoms with Crippen molar-refractivity contribution in [2.24, 2.45) is 4.99 Å². The maximum Gasteiger partial charge on any atom is 0.255 e. The van der Waals surface area contributed by atoms with Gasteiger partial charge in [0.25, 0.3) is 11.8 Å². The number of hydrogen-bond acceptors (Lipinski definition) is 7. The second-order valence-electron chi connectivity index (χ2n) is 8.63. The van der Waals surface area contributed by atoms with Gasteiger partial charge in [0.05, 0.1) is 13.2 Å². The molecule has 0 aromatic heterocycles. The van der Waals surface area contributed by atoms with Crippen LogP contribution in [0, 0.1) is 0 Å². The predicted octanol–water partition coefficient (Wildman–Crippen LogP) is 2.23. The number of hydrogen-bond donors (Lipinski definition) is 3. The minimum Gasteiger partial charge on any atom is -0.494 e. The maximum atomic E-state index is 12.9. The minimum atomic E-state index is -0.747. The summed E-state index contributed by atoms with van der Waals surface area (Å²) in [5, 5.41) is 8.10. The first-order valence-corrected chi connectivity index (χ1v) is 12.1. The van der Waals surface area contributed by atoms with E-state index in [0.29, 0.717) is 46.5 Å². The average molecular weight is 522 g/mol. The number of amides is 4. The molecule has 11 nitrogen and oxygen atoms in total. The third-order valence-corrected chi connectivity index (χ3v) is 6.25. The summed E-state index contributed by atoms with van der Waals surface area (Å²) >= 11 is 0. The van der Waals surface area contributed by atoms with E-state index in [1.165, 1.54) is 19.1 Å². The highest BCUT2D eigenvalue weighted by Crippen LogP contribution is 2.31. The maximum absolute atomic E-state index is 12.9. The van der Waals surface area contributed by atoms with E-state index < -0.39 is 6.04 Å². The molecule has 3 rings (SSSR count). The van der Waals surface area contributed by atoms with Crippen molar-refractivity contribution < 1.29 is 28.7 Å². The molecule has 1 aliphatic rings. The Bertz CT molecular complexity index is 1240. The monoisotopic (exact) mass is 521 g/mol. The molecule has 0 spiro atoms. The topological polar surface area (TPSA) is 146 Å².